The maximum absolute atomic E-state index is 4.82. The molecule has 126 valence electrons. The Morgan fingerprint density at radius 2 is 1.60 bits per heavy atom. The normalized spacial score (nSPS) is 13.9. The molecule has 0 unspecified atom stereocenters. The molecule has 4 rings (SSSR count). The fourth-order valence-corrected chi connectivity index (χ4v) is 3.17. The molecule has 1 aliphatic rings. The molecule has 0 amide bonds. The predicted octanol–water partition coefficient (Wildman–Crippen LogP) is 4.80. The lowest BCUT2D eigenvalue weighted by molar-refractivity contribution is 0.931. The summed E-state index contributed by atoms with van der Waals surface area (Å²) in [6.45, 7) is 4.23. The Morgan fingerprint density at radius 1 is 0.880 bits per heavy atom. The quantitative estimate of drug-likeness (QED) is 0.746. The van der Waals surface area contributed by atoms with Gasteiger partial charge in [-0.2, -0.15) is 0 Å². The number of para-hydroxylation sites is 1. The van der Waals surface area contributed by atoms with E-state index in [2.05, 4.69) is 47.5 Å². The van der Waals surface area contributed by atoms with E-state index in [1.807, 2.05) is 30.3 Å². The van der Waals surface area contributed by atoms with Crippen molar-refractivity contribution < 1.29 is 0 Å². The van der Waals surface area contributed by atoms with Crippen LogP contribution >= 0.6 is 0 Å². The van der Waals surface area contributed by atoms with Crippen molar-refractivity contribution in [3.8, 4) is 11.4 Å². The van der Waals surface area contributed by atoms with Gasteiger partial charge in [0, 0.05) is 30.4 Å². The Bertz CT molecular complexity index is 855. The smallest absolute Gasteiger partial charge is 0.163 e. The zero-order valence-corrected chi connectivity index (χ0v) is 14.4. The average molecular weight is 330 g/mol. The standard InChI is InChI=1S/C21H22N4/c1-16-9-5-6-12-18(16)22-19-15-20(25-13-7-8-14-25)24-21(23-19)17-10-3-2-4-11-17/h2-6,9-12,15H,7-8,13-14H2,1H3,(H,22,23,24). The summed E-state index contributed by atoms with van der Waals surface area (Å²) in [5.41, 5.74) is 3.31. The Labute approximate surface area is 148 Å². The van der Waals surface area contributed by atoms with Crippen LogP contribution < -0.4 is 10.2 Å². The number of nitrogens with zero attached hydrogens (tertiary/aromatic N) is 3. The van der Waals surface area contributed by atoms with E-state index in [0.717, 1.165) is 41.8 Å². The molecule has 0 radical (unpaired) electrons. The summed E-state index contributed by atoms with van der Waals surface area (Å²) >= 11 is 0. The third-order valence-electron chi connectivity index (χ3n) is 4.58. The molecule has 0 bridgehead atoms. The zero-order chi connectivity index (χ0) is 17.1. The van der Waals surface area contributed by atoms with Gasteiger partial charge < -0.3 is 10.2 Å². The molecule has 1 saturated heterocycles. The topological polar surface area (TPSA) is 41.0 Å². The van der Waals surface area contributed by atoms with Crippen LogP contribution in [0.5, 0.6) is 0 Å². The summed E-state index contributed by atoms with van der Waals surface area (Å²) in [4.78, 5) is 11.9. The minimum absolute atomic E-state index is 0.765. The van der Waals surface area contributed by atoms with Crippen LogP contribution in [0.3, 0.4) is 0 Å². The third kappa shape index (κ3) is 3.48. The monoisotopic (exact) mass is 330 g/mol. The summed E-state index contributed by atoms with van der Waals surface area (Å²) < 4.78 is 0. The minimum atomic E-state index is 0.765. The Kier molecular flexibility index (Phi) is 4.34. The number of rotatable bonds is 4. The van der Waals surface area contributed by atoms with Crippen molar-refractivity contribution in [2.75, 3.05) is 23.3 Å². The van der Waals surface area contributed by atoms with E-state index < -0.39 is 0 Å². The van der Waals surface area contributed by atoms with Gasteiger partial charge in [-0.1, -0.05) is 48.5 Å². The van der Waals surface area contributed by atoms with Crippen LogP contribution in [0.4, 0.5) is 17.3 Å². The van der Waals surface area contributed by atoms with Crippen LogP contribution in [-0.2, 0) is 0 Å². The molecule has 2 aromatic carbocycles. The van der Waals surface area contributed by atoms with E-state index in [1.165, 1.54) is 18.4 Å². The highest BCUT2D eigenvalue weighted by Crippen LogP contribution is 2.27. The molecular weight excluding hydrogens is 308 g/mol. The molecule has 1 N–H and O–H groups in total. The number of hydrogen-bond acceptors (Lipinski definition) is 4. The molecule has 25 heavy (non-hydrogen) atoms. The first-order valence-corrected chi connectivity index (χ1v) is 8.82. The number of aryl methyl sites for hydroxylation is 1. The van der Waals surface area contributed by atoms with Crippen molar-refractivity contribution in [1.82, 2.24) is 9.97 Å². The van der Waals surface area contributed by atoms with Crippen molar-refractivity contribution in [2.45, 2.75) is 19.8 Å². The lowest BCUT2D eigenvalue weighted by atomic mass is 10.2. The van der Waals surface area contributed by atoms with Crippen LogP contribution in [0.25, 0.3) is 11.4 Å². The first-order chi connectivity index (χ1) is 12.3. The van der Waals surface area contributed by atoms with Gasteiger partial charge in [-0.25, -0.2) is 9.97 Å². The summed E-state index contributed by atoms with van der Waals surface area (Å²) in [7, 11) is 0. The van der Waals surface area contributed by atoms with E-state index in [4.69, 9.17) is 9.97 Å². The second-order valence-corrected chi connectivity index (χ2v) is 6.44. The fourth-order valence-electron chi connectivity index (χ4n) is 3.17. The molecule has 2 heterocycles. The van der Waals surface area contributed by atoms with E-state index in [9.17, 15) is 0 Å². The third-order valence-corrected chi connectivity index (χ3v) is 4.58. The van der Waals surface area contributed by atoms with E-state index in [1.54, 1.807) is 0 Å². The summed E-state index contributed by atoms with van der Waals surface area (Å²) in [5, 5.41) is 3.47. The summed E-state index contributed by atoms with van der Waals surface area (Å²) in [6.07, 6.45) is 2.45. The van der Waals surface area contributed by atoms with Gasteiger partial charge in [-0.3, -0.25) is 0 Å². The van der Waals surface area contributed by atoms with Crippen LogP contribution in [0.1, 0.15) is 18.4 Å². The summed E-state index contributed by atoms with van der Waals surface area (Å²) in [6, 6.07) is 20.5. The van der Waals surface area contributed by atoms with Crippen molar-refractivity contribution in [1.29, 1.82) is 0 Å². The van der Waals surface area contributed by atoms with Crippen LogP contribution in [0.15, 0.2) is 60.7 Å². The molecule has 0 aliphatic carbocycles. The van der Waals surface area contributed by atoms with Gasteiger partial charge in [0.1, 0.15) is 11.6 Å². The lowest BCUT2D eigenvalue weighted by Crippen LogP contribution is -2.19. The predicted molar refractivity (Wildman–Crippen MR) is 103 cm³/mol. The highest BCUT2D eigenvalue weighted by atomic mass is 15.2. The number of hydrogen-bond donors (Lipinski definition) is 1. The molecule has 1 aromatic heterocycles. The Morgan fingerprint density at radius 3 is 2.36 bits per heavy atom. The second-order valence-electron chi connectivity index (χ2n) is 6.44. The average Bonchev–Trinajstić information content (AvgIpc) is 3.19. The molecule has 1 fully saturated rings. The largest absolute Gasteiger partial charge is 0.356 e. The Balaban J connectivity index is 1.74. The van der Waals surface area contributed by atoms with Gasteiger partial charge in [0.15, 0.2) is 5.82 Å². The molecule has 0 atom stereocenters. The highest BCUT2D eigenvalue weighted by Gasteiger charge is 2.16. The molecule has 0 spiro atoms. The fraction of sp³-hybridized carbons (Fsp3) is 0.238. The molecule has 4 heteroatoms. The second kappa shape index (κ2) is 6.93. The number of anilines is 3. The molecule has 0 saturated carbocycles. The molecule has 4 nitrogen and oxygen atoms in total. The first kappa shape index (κ1) is 15.6. The van der Waals surface area contributed by atoms with Crippen LogP contribution in [0.2, 0.25) is 0 Å². The van der Waals surface area contributed by atoms with E-state index in [-0.39, 0.29) is 0 Å². The van der Waals surface area contributed by atoms with E-state index >= 15 is 0 Å². The zero-order valence-electron chi connectivity index (χ0n) is 14.4. The minimum Gasteiger partial charge on any atom is -0.356 e. The maximum atomic E-state index is 4.82. The number of benzene rings is 2. The van der Waals surface area contributed by atoms with E-state index in [0.29, 0.717) is 0 Å². The Hall–Kier alpha value is -2.88. The molecule has 1 aliphatic heterocycles. The van der Waals surface area contributed by atoms with Gasteiger partial charge in [-0.15, -0.1) is 0 Å². The maximum Gasteiger partial charge on any atom is 0.163 e. The van der Waals surface area contributed by atoms with Crippen molar-refractivity contribution in [3.05, 3.63) is 66.2 Å². The summed E-state index contributed by atoms with van der Waals surface area (Å²) in [5.74, 6) is 2.61. The number of aromatic nitrogens is 2. The van der Waals surface area contributed by atoms with Crippen LogP contribution in [-0.4, -0.2) is 23.1 Å². The van der Waals surface area contributed by atoms with Crippen LogP contribution in [0, 0.1) is 6.92 Å². The van der Waals surface area contributed by atoms with Crippen molar-refractivity contribution in [3.63, 3.8) is 0 Å². The molecule has 3 aromatic rings. The first-order valence-electron chi connectivity index (χ1n) is 8.82. The van der Waals surface area contributed by atoms with Crippen molar-refractivity contribution in [2.24, 2.45) is 0 Å². The highest BCUT2D eigenvalue weighted by molar-refractivity contribution is 5.67. The van der Waals surface area contributed by atoms with Gasteiger partial charge in [0.25, 0.3) is 0 Å². The van der Waals surface area contributed by atoms with Crippen molar-refractivity contribution >= 4 is 17.3 Å². The van der Waals surface area contributed by atoms with Gasteiger partial charge in [0.05, 0.1) is 0 Å². The van der Waals surface area contributed by atoms with Gasteiger partial charge in [-0.05, 0) is 31.4 Å². The lowest BCUT2D eigenvalue weighted by Gasteiger charge is -2.19. The molecular formula is C21H22N4. The van der Waals surface area contributed by atoms with Gasteiger partial charge in [0.2, 0.25) is 0 Å². The van der Waals surface area contributed by atoms with Gasteiger partial charge >= 0.3 is 0 Å². The number of nitrogens with one attached hydrogen (secondary N) is 1. The SMILES string of the molecule is Cc1ccccc1Nc1cc(N2CCCC2)nc(-c2ccccc2)n1.